The standard InChI is InChI=1S/C20H25N5O/c1-13-9-14(2)18(21-4)12-17(13)16-10-19-22-15(3)23-25(19)20(11-16)24-5-7-26-8-6-24/h9-12,21H,5-8H2,1-4H3. The van der Waals surface area contributed by atoms with Gasteiger partial charge in [-0.05, 0) is 61.2 Å². The third-order valence-corrected chi connectivity index (χ3v) is 5.01. The van der Waals surface area contributed by atoms with E-state index in [4.69, 9.17) is 4.74 Å². The highest BCUT2D eigenvalue weighted by Gasteiger charge is 2.18. The van der Waals surface area contributed by atoms with Crippen molar-refractivity contribution in [3.8, 4) is 11.1 Å². The Morgan fingerprint density at radius 3 is 2.50 bits per heavy atom. The summed E-state index contributed by atoms with van der Waals surface area (Å²) < 4.78 is 7.47. The van der Waals surface area contributed by atoms with Gasteiger partial charge in [0.25, 0.3) is 0 Å². The van der Waals surface area contributed by atoms with E-state index < -0.39 is 0 Å². The van der Waals surface area contributed by atoms with Crippen molar-refractivity contribution in [1.29, 1.82) is 0 Å². The van der Waals surface area contributed by atoms with Crippen LogP contribution in [0.4, 0.5) is 11.5 Å². The first-order valence-corrected chi connectivity index (χ1v) is 9.06. The fraction of sp³-hybridized carbons (Fsp3) is 0.400. The minimum atomic E-state index is 0.743. The molecule has 1 aliphatic rings. The van der Waals surface area contributed by atoms with Crippen molar-refractivity contribution in [3.05, 3.63) is 41.2 Å². The van der Waals surface area contributed by atoms with Crippen LogP contribution in [0.3, 0.4) is 0 Å². The molecular formula is C20H25N5O. The van der Waals surface area contributed by atoms with E-state index in [2.05, 4.69) is 58.4 Å². The Labute approximate surface area is 153 Å². The highest BCUT2D eigenvalue weighted by molar-refractivity contribution is 5.77. The maximum atomic E-state index is 5.52. The molecule has 6 nitrogen and oxygen atoms in total. The molecule has 0 radical (unpaired) electrons. The first-order valence-electron chi connectivity index (χ1n) is 9.06. The van der Waals surface area contributed by atoms with Gasteiger partial charge in [-0.15, -0.1) is 5.10 Å². The maximum Gasteiger partial charge on any atom is 0.158 e. The molecule has 0 unspecified atom stereocenters. The minimum absolute atomic E-state index is 0.743. The van der Waals surface area contributed by atoms with Gasteiger partial charge >= 0.3 is 0 Å². The van der Waals surface area contributed by atoms with Gasteiger partial charge in [-0.2, -0.15) is 4.52 Å². The Morgan fingerprint density at radius 1 is 1.00 bits per heavy atom. The lowest BCUT2D eigenvalue weighted by molar-refractivity contribution is 0.122. The number of hydrogen-bond acceptors (Lipinski definition) is 5. The van der Waals surface area contributed by atoms with E-state index >= 15 is 0 Å². The number of aromatic nitrogens is 3. The second kappa shape index (κ2) is 6.61. The molecule has 0 saturated carbocycles. The fourth-order valence-corrected chi connectivity index (χ4v) is 3.68. The van der Waals surface area contributed by atoms with E-state index in [0.717, 1.165) is 49.3 Å². The molecule has 3 aromatic rings. The van der Waals surface area contributed by atoms with Crippen LogP contribution in [0.1, 0.15) is 17.0 Å². The summed E-state index contributed by atoms with van der Waals surface area (Å²) in [5.74, 6) is 1.86. The van der Waals surface area contributed by atoms with Crippen LogP contribution >= 0.6 is 0 Å². The predicted molar refractivity (Wildman–Crippen MR) is 105 cm³/mol. The summed E-state index contributed by atoms with van der Waals surface area (Å²) in [7, 11) is 1.96. The van der Waals surface area contributed by atoms with Crippen LogP contribution in [-0.2, 0) is 4.74 Å². The van der Waals surface area contributed by atoms with Crippen LogP contribution in [0.25, 0.3) is 16.8 Å². The van der Waals surface area contributed by atoms with E-state index in [9.17, 15) is 0 Å². The Kier molecular flexibility index (Phi) is 4.28. The summed E-state index contributed by atoms with van der Waals surface area (Å²) in [5, 5.41) is 7.90. The van der Waals surface area contributed by atoms with Gasteiger partial charge in [0.05, 0.1) is 13.2 Å². The summed E-state index contributed by atoms with van der Waals surface area (Å²) in [4.78, 5) is 6.95. The normalized spacial score (nSPS) is 14.8. The van der Waals surface area contributed by atoms with E-state index in [1.807, 2.05) is 18.5 Å². The number of anilines is 2. The summed E-state index contributed by atoms with van der Waals surface area (Å²) >= 11 is 0. The van der Waals surface area contributed by atoms with Gasteiger partial charge in [-0.3, -0.25) is 0 Å². The van der Waals surface area contributed by atoms with Crippen molar-refractivity contribution < 1.29 is 4.74 Å². The quantitative estimate of drug-likeness (QED) is 0.785. The zero-order valence-corrected chi connectivity index (χ0v) is 15.8. The number of pyridine rings is 1. The molecule has 1 aliphatic heterocycles. The molecule has 3 heterocycles. The summed E-state index contributed by atoms with van der Waals surface area (Å²) in [6.45, 7) is 9.45. The molecule has 0 amide bonds. The summed E-state index contributed by atoms with van der Waals surface area (Å²) in [6.07, 6.45) is 0. The highest BCUT2D eigenvalue weighted by Crippen LogP contribution is 2.32. The van der Waals surface area contributed by atoms with Gasteiger partial charge in [-0.1, -0.05) is 6.07 Å². The van der Waals surface area contributed by atoms with Crippen LogP contribution in [0, 0.1) is 20.8 Å². The van der Waals surface area contributed by atoms with Crippen molar-refractivity contribution >= 4 is 17.2 Å². The number of aryl methyl sites for hydroxylation is 3. The molecule has 0 aliphatic carbocycles. The first-order chi connectivity index (χ1) is 12.6. The second-order valence-corrected chi connectivity index (χ2v) is 6.86. The number of fused-ring (bicyclic) bond motifs is 1. The van der Waals surface area contributed by atoms with Gasteiger partial charge in [0.2, 0.25) is 0 Å². The van der Waals surface area contributed by atoms with Gasteiger partial charge in [-0.25, -0.2) is 4.98 Å². The zero-order valence-electron chi connectivity index (χ0n) is 15.8. The predicted octanol–water partition coefficient (Wildman–Crippen LogP) is 3.20. The molecule has 0 bridgehead atoms. The smallest absolute Gasteiger partial charge is 0.158 e. The number of hydrogen-bond donors (Lipinski definition) is 1. The molecule has 1 N–H and O–H groups in total. The van der Waals surface area contributed by atoms with E-state index in [1.165, 1.54) is 22.3 Å². The van der Waals surface area contributed by atoms with Gasteiger partial charge < -0.3 is 15.0 Å². The van der Waals surface area contributed by atoms with Crippen LogP contribution in [-0.4, -0.2) is 47.9 Å². The van der Waals surface area contributed by atoms with Crippen molar-refractivity contribution in [2.45, 2.75) is 20.8 Å². The number of nitrogens with zero attached hydrogens (tertiary/aromatic N) is 4. The lowest BCUT2D eigenvalue weighted by atomic mass is 9.97. The molecule has 6 heteroatoms. The molecule has 2 aromatic heterocycles. The van der Waals surface area contributed by atoms with Crippen molar-refractivity contribution in [1.82, 2.24) is 14.6 Å². The molecule has 1 saturated heterocycles. The molecule has 136 valence electrons. The summed E-state index contributed by atoms with van der Waals surface area (Å²) in [5.41, 5.74) is 6.93. The molecular weight excluding hydrogens is 326 g/mol. The third-order valence-electron chi connectivity index (χ3n) is 5.01. The van der Waals surface area contributed by atoms with E-state index in [-0.39, 0.29) is 0 Å². The molecule has 26 heavy (non-hydrogen) atoms. The zero-order chi connectivity index (χ0) is 18.3. The van der Waals surface area contributed by atoms with E-state index in [1.54, 1.807) is 0 Å². The largest absolute Gasteiger partial charge is 0.388 e. The van der Waals surface area contributed by atoms with Gasteiger partial charge in [0.1, 0.15) is 11.6 Å². The topological polar surface area (TPSA) is 54.7 Å². The molecule has 0 spiro atoms. The number of rotatable bonds is 3. The fourth-order valence-electron chi connectivity index (χ4n) is 3.68. The number of benzene rings is 1. The van der Waals surface area contributed by atoms with Crippen LogP contribution in [0.5, 0.6) is 0 Å². The monoisotopic (exact) mass is 351 g/mol. The Bertz CT molecular complexity index is 956. The number of nitrogens with one attached hydrogen (secondary N) is 1. The van der Waals surface area contributed by atoms with Crippen molar-refractivity contribution in [3.63, 3.8) is 0 Å². The van der Waals surface area contributed by atoms with Gasteiger partial charge in [0.15, 0.2) is 5.65 Å². The van der Waals surface area contributed by atoms with Crippen molar-refractivity contribution in [2.24, 2.45) is 0 Å². The Balaban J connectivity index is 1.91. The van der Waals surface area contributed by atoms with E-state index in [0.29, 0.717) is 0 Å². The number of morpholine rings is 1. The number of ether oxygens (including phenoxy) is 1. The molecule has 0 atom stereocenters. The second-order valence-electron chi connectivity index (χ2n) is 6.86. The van der Waals surface area contributed by atoms with Crippen molar-refractivity contribution in [2.75, 3.05) is 43.6 Å². The average Bonchev–Trinajstić information content (AvgIpc) is 3.02. The first kappa shape index (κ1) is 16.8. The SMILES string of the molecule is CNc1cc(-c2cc(N3CCOCC3)n3nc(C)nc3c2)c(C)cc1C. The lowest BCUT2D eigenvalue weighted by Crippen LogP contribution is -2.37. The van der Waals surface area contributed by atoms with Crippen LogP contribution < -0.4 is 10.2 Å². The molecule has 1 fully saturated rings. The highest BCUT2D eigenvalue weighted by atomic mass is 16.5. The minimum Gasteiger partial charge on any atom is -0.388 e. The molecule has 4 rings (SSSR count). The Hall–Kier alpha value is -2.60. The Morgan fingerprint density at radius 2 is 1.77 bits per heavy atom. The van der Waals surface area contributed by atoms with Crippen LogP contribution in [0.2, 0.25) is 0 Å². The lowest BCUT2D eigenvalue weighted by Gasteiger charge is -2.29. The van der Waals surface area contributed by atoms with Crippen LogP contribution in [0.15, 0.2) is 24.3 Å². The average molecular weight is 351 g/mol. The molecule has 1 aromatic carbocycles. The maximum absolute atomic E-state index is 5.52. The summed E-state index contributed by atoms with van der Waals surface area (Å²) in [6, 6.07) is 8.81. The van der Waals surface area contributed by atoms with Gasteiger partial charge in [0, 0.05) is 25.8 Å². The third kappa shape index (κ3) is 2.90.